The zero-order chi connectivity index (χ0) is 14.6. The third-order valence-corrected chi connectivity index (χ3v) is 6.46. The number of quaternary nitrogens is 1. The Morgan fingerprint density at radius 1 is 1.15 bits per heavy atom. The molecule has 0 aromatic heterocycles. The SMILES string of the molecule is CC(C)COP(C)(=S)OCC1CCC[NH+]2CCCCC12. The molecule has 0 spiro atoms. The molecule has 1 N–H and O–H groups in total. The summed E-state index contributed by atoms with van der Waals surface area (Å²) in [6.45, 7) is 8.53. The van der Waals surface area contributed by atoms with E-state index in [1.807, 2.05) is 11.6 Å². The Morgan fingerprint density at radius 3 is 2.65 bits per heavy atom. The average molecular weight is 320 g/mol. The molecule has 3 nitrogen and oxygen atoms in total. The molecule has 0 saturated carbocycles. The van der Waals surface area contributed by atoms with E-state index in [1.54, 1.807) is 0 Å². The van der Waals surface area contributed by atoms with Gasteiger partial charge in [-0.2, -0.15) is 0 Å². The molecule has 2 saturated heterocycles. The van der Waals surface area contributed by atoms with Crippen molar-refractivity contribution in [3.05, 3.63) is 0 Å². The highest BCUT2D eigenvalue weighted by molar-refractivity contribution is 8.09. The second kappa shape index (κ2) is 7.69. The van der Waals surface area contributed by atoms with E-state index in [1.165, 1.54) is 45.2 Å². The van der Waals surface area contributed by atoms with Crippen LogP contribution in [0.5, 0.6) is 0 Å². The van der Waals surface area contributed by atoms with Gasteiger partial charge in [-0.15, -0.1) is 0 Å². The lowest BCUT2D eigenvalue weighted by atomic mass is 9.84. The second-order valence-electron chi connectivity index (χ2n) is 6.92. The van der Waals surface area contributed by atoms with Crippen molar-refractivity contribution in [3.8, 4) is 0 Å². The first-order valence-electron chi connectivity index (χ1n) is 8.19. The molecule has 0 bridgehead atoms. The van der Waals surface area contributed by atoms with Gasteiger partial charge >= 0.3 is 0 Å². The van der Waals surface area contributed by atoms with Crippen LogP contribution >= 0.6 is 6.49 Å². The maximum atomic E-state index is 6.06. The van der Waals surface area contributed by atoms with Crippen LogP contribution in [0.1, 0.15) is 46.0 Å². The number of hydrogen-bond donors (Lipinski definition) is 1. The van der Waals surface area contributed by atoms with Gasteiger partial charge in [0.1, 0.15) is 0 Å². The van der Waals surface area contributed by atoms with Crippen LogP contribution in [0.3, 0.4) is 0 Å². The summed E-state index contributed by atoms with van der Waals surface area (Å²) in [5, 5.41) is 0. The molecule has 118 valence electrons. The van der Waals surface area contributed by atoms with Crippen molar-refractivity contribution in [2.75, 3.05) is 33.0 Å². The normalized spacial score (nSPS) is 33.7. The van der Waals surface area contributed by atoms with Crippen LogP contribution in [0.15, 0.2) is 0 Å². The number of piperidine rings is 2. The molecule has 2 rings (SSSR count). The van der Waals surface area contributed by atoms with Gasteiger partial charge in [0.05, 0.1) is 32.3 Å². The predicted octanol–water partition coefficient (Wildman–Crippen LogP) is 2.46. The molecule has 2 heterocycles. The van der Waals surface area contributed by atoms with Crippen molar-refractivity contribution in [1.29, 1.82) is 0 Å². The van der Waals surface area contributed by atoms with Gasteiger partial charge in [-0.25, -0.2) is 0 Å². The molecular formula is C15H31NO2PS+. The van der Waals surface area contributed by atoms with Gasteiger partial charge in [0.15, 0.2) is 6.49 Å². The minimum Gasteiger partial charge on any atom is -0.332 e. The largest absolute Gasteiger partial charge is 0.332 e. The van der Waals surface area contributed by atoms with Crippen molar-refractivity contribution >= 4 is 18.3 Å². The van der Waals surface area contributed by atoms with Gasteiger partial charge in [0.25, 0.3) is 0 Å². The maximum Gasteiger partial charge on any atom is 0.185 e. The quantitative estimate of drug-likeness (QED) is 0.760. The highest BCUT2D eigenvalue weighted by Crippen LogP contribution is 2.45. The molecule has 0 aromatic carbocycles. The molecule has 4 unspecified atom stereocenters. The Hall–Kier alpha value is 0.530. The topological polar surface area (TPSA) is 22.9 Å². The first-order valence-corrected chi connectivity index (χ1v) is 11.3. The number of hydrogen-bond acceptors (Lipinski definition) is 3. The lowest BCUT2D eigenvalue weighted by Crippen LogP contribution is -3.18. The summed E-state index contributed by atoms with van der Waals surface area (Å²) in [6.07, 6.45) is 6.84. The standard InChI is InChI=1S/C15H30NO2PS/c1-13(2)11-17-19(3,20)18-12-14-7-6-10-16-9-5-4-8-15(14)16/h13-15H,4-12H2,1-3H3/p+1. The maximum absolute atomic E-state index is 6.06. The van der Waals surface area contributed by atoms with E-state index < -0.39 is 6.49 Å². The molecule has 2 aliphatic heterocycles. The first-order chi connectivity index (χ1) is 9.48. The van der Waals surface area contributed by atoms with E-state index in [4.69, 9.17) is 20.9 Å². The van der Waals surface area contributed by atoms with Crippen molar-refractivity contribution in [1.82, 2.24) is 0 Å². The fourth-order valence-corrected chi connectivity index (χ4v) is 5.00. The lowest BCUT2D eigenvalue weighted by molar-refractivity contribution is -0.940. The molecule has 0 aliphatic carbocycles. The Morgan fingerprint density at radius 2 is 1.90 bits per heavy atom. The number of rotatable bonds is 6. The van der Waals surface area contributed by atoms with Gasteiger partial charge in [-0.05, 0) is 49.8 Å². The molecular weight excluding hydrogens is 289 g/mol. The summed E-state index contributed by atoms with van der Waals surface area (Å²) in [5.41, 5.74) is 0. The van der Waals surface area contributed by atoms with Crippen molar-refractivity contribution in [2.24, 2.45) is 11.8 Å². The molecule has 0 aromatic rings. The first kappa shape index (κ1) is 16.9. The fourth-order valence-electron chi connectivity index (χ4n) is 3.53. The van der Waals surface area contributed by atoms with E-state index in [2.05, 4.69) is 13.8 Å². The Bertz CT molecular complexity index is 349. The van der Waals surface area contributed by atoms with Gasteiger partial charge in [-0.3, -0.25) is 0 Å². The average Bonchev–Trinajstić information content (AvgIpc) is 2.43. The summed E-state index contributed by atoms with van der Waals surface area (Å²) in [4.78, 5) is 1.82. The van der Waals surface area contributed by atoms with E-state index in [-0.39, 0.29) is 0 Å². The predicted molar refractivity (Wildman–Crippen MR) is 88.0 cm³/mol. The molecule has 4 atom stereocenters. The highest BCUT2D eigenvalue weighted by Gasteiger charge is 2.37. The smallest absolute Gasteiger partial charge is 0.185 e. The van der Waals surface area contributed by atoms with Crippen LogP contribution in [-0.2, 0) is 20.9 Å². The molecule has 0 radical (unpaired) electrons. The Labute approximate surface area is 129 Å². The van der Waals surface area contributed by atoms with Crippen LogP contribution in [-0.4, -0.2) is 39.0 Å². The molecule has 20 heavy (non-hydrogen) atoms. The zero-order valence-corrected chi connectivity index (χ0v) is 15.0. The van der Waals surface area contributed by atoms with Crippen LogP contribution in [0.2, 0.25) is 0 Å². The van der Waals surface area contributed by atoms with Crippen LogP contribution in [0.4, 0.5) is 0 Å². The molecule has 5 heteroatoms. The minimum absolute atomic E-state index is 0.522. The number of fused-ring (bicyclic) bond motifs is 1. The summed E-state index contributed by atoms with van der Waals surface area (Å²) in [5.74, 6) is 1.22. The van der Waals surface area contributed by atoms with Crippen molar-refractivity contribution in [2.45, 2.75) is 52.0 Å². The highest BCUT2D eigenvalue weighted by atomic mass is 32.5. The van der Waals surface area contributed by atoms with Gasteiger partial charge in [0, 0.05) is 12.6 Å². The molecule has 0 amide bonds. The van der Waals surface area contributed by atoms with Crippen LogP contribution < -0.4 is 4.90 Å². The lowest BCUT2D eigenvalue weighted by Gasteiger charge is -2.41. The van der Waals surface area contributed by atoms with Gasteiger partial charge < -0.3 is 13.9 Å². The van der Waals surface area contributed by atoms with Crippen molar-refractivity contribution < 1.29 is 13.9 Å². The van der Waals surface area contributed by atoms with Crippen LogP contribution in [0.25, 0.3) is 0 Å². The molecule has 2 aliphatic rings. The van der Waals surface area contributed by atoms with Gasteiger partial charge in [-0.1, -0.05) is 13.8 Å². The van der Waals surface area contributed by atoms with Gasteiger partial charge in [0.2, 0.25) is 0 Å². The molecule has 2 fully saturated rings. The van der Waals surface area contributed by atoms with E-state index in [9.17, 15) is 0 Å². The summed E-state index contributed by atoms with van der Waals surface area (Å²) < 4.78 is 11.9. The second-order valence-corrected chi connectivity index (χ2v) is 11.0. The summed E-state index contributed by atoms with van der Waals surface area (Å²) in [7, 11) is 0. The van der Waals surface area contributed by atoms with Crippen molar-refractivity contribution in [3.63, 3.8) is 0 Å². The van der Waals surface area contributed by atoms with Crippen LogP contribution in [0, 0.1) is 11.8 Å². The fraction of sp³-hybridized carbons (Fsp3) is 1.00. The third-order valence-electron chi connectivity index (χ3n) is 4.59. The van der Waals surface area contributed by atoms with E-state index >= 15 is 0 Å². The third kappa shape index (κ3) is 5.06. The zero-order valence-electron chi connectivity index (χ0n) is 13.3. The number of nitrogens with one attached hydrogen (secondary N) is 1. The summed E-state index contributed by atoms with van der Waals surface area (Å²) >= 11 is 5.54. The Balaban J connectivity index is 1.81. The minimum atomic E-state index is -2.04. The van der Waals surface area contributed by atoms with E-state index in [0.717, 1.165) is 19.3 Å². The summed E-state index contributed by atoms with van der Waals surface area (Å²) in [6, 6.07) is 0.817. The Kier molecular flexibility index (Phi) is 6.50. The van der Waals surface area contributed by atoms with E-state index in [0.29, 0.717) is 11.8 Å². The monoisotopic (exact) mass is 320 g/mol.